The molecule has 0 radical (unpaired) electrons. The molecular weight excluding hydrogens is 323 g/mol. The molecule has 1 heterocycles. The van der Waals surface area contributed by atoms with Gasteiger partial charge in [-0.1, -0.05) is 6.07 Å². The molecule has 1 aromatic carbocycles. The van der Waals surface area contributed by atoms with Crippen LogP contribution in [0.3, 0.4) is 0 Å². The Hall–Kier alpha value is -1.75. The largest absolute Gasteiger partial charge is 0.333 e. The molecule has 0 aliphatic rings. The third-order valence-corrected chi connectivity index (χ3v) is 3.60. The average Bonchev–Trinajstić information content (AvgIpc) is 2.47. The Morgan fingerprint density at radius 3 is 2.80 bits per heavy atom. The van der Waals surface area contributed by atoms with Crippen molar-refractivity contribution in [1.29, 1.82) is 0 Å². The fourth-order valence-corrected chi connectivity index (χ4v) is 2.26. The SMILES string of the molecule is CCN(Cc1ccccn1)C(=O)c1cc(F)ccc1Br. The van der Waals surface area contributed by atoms with Crippen LogP contribution >= 0.6 is 15.9 Å². The third kappa shape index (κ3) is 3.42. The highest BCUT2D eigenvalue weighted by Crippen LogP contribution is 2.20. The van der Waals surface area contributed by atoms with Gasteiger partial charge in [0.05, 0.1) is 17.8 Å². The van der Waals surface area contributed by atoms with E-state index in [-0.39, 0.29) is 5.91 Å². The maximum atomic E-state index is 13.3. The number of hydrogen-bond donors (Lipinski definition) is 0. The van der Waals surface area contributed by atoms with Crippen LogP contribution in [0, 0.1) is 5.82 Å². The molecule has 0 aliphatic heterocycles. The number of rotatable bonds is 4. The topological polar surface area (TPSA) is 33.2 Å². The average molecular weight is 337 g/mol. The molecule has 1 aromatic heterocycles. The first-order valence-corrected chi connectivity index (χ1v) is 7.05. The fraction of sp³-hybridized carbons (Fsp3) is 0.200. The van der Waals surface area contributed by atoms with Gasteiger partial charge in [-0.15, -0.1) is 0 Å². The zero-order chi connectivity index (χ0) is 14.5. The molecule has 5 heteroatoms. The summed E-state index contributed by atoms with van der Waals surface area (Å²) in [7, 11) is 0. The second-order valence-electron chi connectivity index (χ2n) is 4.26. The van der Waals surface area contributed by atoms with Gasteiger partial charge in [-0.3, -0.25) is 9.78 Å². The molecule has 0 atom stereocenters. The summed E-state index contributed by atoms with van der Waals surface area (Å²) >= 11 is 3.28. The lowest BCUT2D eigenvalue weighted by molar-refractivity contribution is 0.0749. The highest BCUT2D eigenvalue weighted by Gasteiger charge is 2.18. The number of pyridine rings is 1. The Bertz CT molecular complexity index is 604. The number of carbonyl (C=O) groups is 1. The summed E-state index contributed by atoms with van der Waals surface area (Å²) in [4.78, 5) is 18.3. The molecule has 2 aromatic rings. The van der Waals surface area contributed by atoms with E-state index in [1.807, 2.05) is 25.1 Å². The molecule has 20 heavy (non-hydrogen) atoms. The smallest absolute Gasteiger partial charge is 0.255 e. The lowest BCUT2D eigenvalue weighted by atomic mass is 10.2. The normalized spacial score (nSPS) is 10.3. The van der Waals surface area contributed by atoms with Crippen LogP contribution in [0.15, 0.2) is 47.1 Å². The summed E-state index contributed by atoms with van der Waals surface area (Å²) < 4.78 is 13.9. The number of amides is 1. The second kappa shape index (κ2) is 6.61. The minimum Gasteiger partial charge on any atom is -0.333 e. The molecule has 1 amide bonds. The number of halogens is 2. The predicted octanol–water partition coefficient (Wildman–Crippen LogP) is 3.65. The van der Waals surface area contributed by atoms with E-state index in [1.54, 1.807) is 11.1 Å². The molecule has 0 fully saturated rings. The van der Waals surface area contributed by atoms with Crippen molar-refractivity contribution < 1.29 is 9.18 Å². The van der Waals surface area contributed by atoms with Crippen LogP contribution in [-0.2, 0) is 6.54 Å². The van der Waals surface area contributed by atoms with Gasteiger partial charge in [0.2, 0.25) is 0 Å². The molecule has 0 unspecified atom stereocenters. The Morgan fingerprint density at radius 1 is 1.35 bits per heavy atom. The first kappa shape index (κ1) is 14.7. The van der Waals surface area contributed by atoms with Crippen molar-refractivity contribution in [3.63, 3.8) is 0 Å². The van der Waals surface area contributed by atoms with Crippen LogP contribution in [0.2, 0.25) is 0 Å². The van der Waals surface area contributed by atoms with E-state index in [0.29, 0.717) is 23.1 Å². The van der Waals surface area contributed by atoms with E-state index >= 15 is 0 Å². The molecule has 0 bridgehead atoms. The number of hydrogen-bond acceptors (Lipinski definition) is 2. The molecular formula is C15H14BrFN2O. The van der Waals surface area contributed by atoms with Crippen molar-refractivity contribution in [2.24, 2.45) is 0 Å². The Morgan fingerprint density at radius 2 is 2.15 bits per heavy atom. The molecule has 0 spiro atoms. The molecule has 104 valence electrons. The lowest BCUT2D eigenvalue weighted by Gasteiger charge is -2.21. The summed E-state index contributed by atoms with van der Waals surface area (Å²) in [5.41, 5.74) is 1.12. The fourth-order valence-electron chi connectivity index (χ4n) is 1.85. The van der Waals surface area contributed by atoms with Gasteiger partial charge < -0.3 is 4.90 Å². The molecule has 0 N–H and O–H groups in total. The maximum absolute atomic E-state index is 13.3. The van der Waals surface area contributed by atoms with E-state index in [4.69, 9.17) is 0 Å². The van der Waals surface area contributed by atoms with E-state index < -0.39 is 5.82 Å². The molecule has 3 nitrogen and oxygen atoms in total. The van der Waals surface area contributed by atoms with Gasteiger partial charge in [0.15, 0.2) is 0 Å². The Kier molecular flexibility index (Phi) is 4.84. The molecule has 0 aliphatic carbocycles. The summed E-state index contributed by atoms with van der Waals surface area (Å²) in [6.07, 6.45) is 1.69. The lowest BCUT2D eigenvalue weighted by Crippen LogP contribution is -2.31. The van der Waals surface area contributed by atoms with Crippen molar-refractivity contribution in [3.05, 3.63) is 64.1 Å². The minimum atomic E-state index is -0.426. The molecule has 0 saturated heterocycles. The predicted molar refractivity (Wildman–Crippen MR) is 78.8 cm³/mol. The first-order valence-electron chi connectivity index (χ1n) is 6.26. The number of nitrogens with zero attached hydrogens (tertiary/aromatic N) is 2. The van der Waals surface area contributed by atoms with Crippen molar-refractivity contribution in [2.75, 3.05) is 6.54 Å². The monoisotopic (exact) mass is 336 g/mol. The highest BCUT2D eigenvalue weighted by molar-refractivity contribution is 9.10. The van der Waals surface area contributed by atoms with Crippen molar-refractivity contribution >= 4 is 21.8 Å². The first-order chi connectivity index (χ1) is 9.61. The van der Waals surface area contributed by atoms with Crippen molar-refractivity contribution in [1.82, 2.24) is 9.88 Å². The van der Waals surface area contributed by atoms with Crippen molar-refractivity contribution in [3.8, 4) is 0 Å². The standard InChI is InChI=1S/C15H14BrFN2O/c1-2-19(10-12-5-3-4-8-18-12)15(20)13-9-11(17)6-7-14(13)16/h3-9H,2,10H2,1H3. The van der Waals surface area contributed by atoms with Crippen LogP contribution < -0.4 is 0 Å². The van der Waals surface area contributed by atoms with E-state index in [9.17, 15) is 9.18 Å². The van der Waals surface area contributed by atoms with E-state index in [0.717, 1.165) is 5.69 Å². The maximum Gasteiger partial charge on any atom is 0.255 e. The van der Waals surface area contributed by atoms with Gasteiger partial charge in [0, 0.05) is 17.2 Å². The summed E-state index contributed by atoms with van der Waals surface area (Å²) in [6.45, 7) is 2.81. The summed E-state index contributed by atoms with van der Waals surface area (Å²) in [5, 5.41) is 0. The summed E-state index contributed by atoms with van der Waals surface area (Å²) in [6, 6.07) is 9.65. The Labute approximate surface area is 125 Å². The quantitative estimate of drug-likeness (QED) is 0.853. The molecule has 0 saturated carbocycles. The summed E-state index contributed by atoms with van der Waals surface area (Å²) in [5.74, 6) is -0.644. The number of aromatic nitrogens is 1. The Balaban J connectivity index is 2.23. The second-order valence-corrected chi connectivity index (χ2v) is 5.12. The van der Waals surface area contributed by atoms with Gasteiger partial charge in [0.1, 0.15) is 5.82 Å². The van der Waals surface area contributed by atoms with Crippen LogP contribution in [0.5, 0.6) is 0 Å². The molecule has 2 rings (SSSR count). The van der Waals surface area contributed by atoms with Crippen LogP contribution in [0.1, 0.15) is 23.0 Å². The minimum absolute atomic E-state index is 0.218. The van der Waals surface area contributed by atoms with Crippen LogP contribution in [-0.4, -0.2) is 22.3 Å². The zero-order valence-corrected chi connectivity index (χ0v) is 12.6. The highest BCUT2D eigenvalue weighted by atomic mass is 79.9. The van der Waals surface area contributed by atoms with Gasteiger partial charge in [-0.25, -0.2) is 4.39 Å². The van der Waals surface area contributed by atoms with Crippen LogP contribution in [0.4, 0.5) is 4.39 Å². The van der Waals surface area contributed by atoms with Crippen LogP contribution in [0.25, 0.3) is 0 Å². The van der Waals surface area contributed by atoms with Gasteiger partial charge in [-0.05, 0) is 53.2 Å². The van der Waals surface area contributed by atoms with E-state index in [1.165, 1.54) is 18.2 Å². The van der Waals surface area contributed by atoms with Crippen molar-refractivity contribution in [2.45, 2.75) is 13.5 Å². The number of benzene rings is 1. The van der Waals surface area contributed by atoms with E-state index in [2.05, 4.69) is 20.9 Å². The third-order valence-electron chi connectivity index (χ3n) is 2.91. The number of carbonyl (C=O) groups excluding carboxylic acids is 1. The van der Waals surface area contributed by atoms with Gasteiger partial charge in [0.25, 0.3) is 5.91 Å². The zero-order valence-electron chi connectivity index (χ0n) is 11.0. The van der Waals surface area contributed by atoms with Gasteiger partial charge >= 0.3 is 0 Å². The van der Waals surface area contributed by atoms with Gasteiger partial charge in [-0.2, -0.15) is 0 Å².